The molecule has 6 nitrogen and oxygen atoms in total. The van der Waals surface area contributed by atoms with Gasteiger partial charge in [0, 0.05) is 30.7 Å². The number of amides is 3. The molecule has 4 bridgehead atoms. The predicted octanol–water partition coefficient (Wildman–Crippen LogP) is 3.01. The number of halogens is 1. The van der Waals surface area contributed by atoms with Gasteiger partial charge >= 0.3 is 6.03 Å². The zero-order chi connectivity index (χ0) is 19.6. The molecule has 0 spiro atoms. The van der Waals surface area contributed by atoms with E-state index in [1.165, 1.54) is 19.3 Å². The first-order valence-corrected chi connectivity index (χ1v) is 10.7. The normalized spacial score (nSPS) is 29.0. The van der Waals surface area contributed by atoms with E-state index in [2.05, 4.69) is 16.0 Å². The predicted molar refractivity (Wildman–Crippen MR) is 117 cm³/mol. The summed E-state index contributed by atoms with van der Waals surface area (Å²) in [5.41, 5.74) is 7.57. The first-order chi connectivity index (χ1) is 13.5. The number of nitrogens with two attached hydrogens (primary N) is 1. The zero-order valence-corrected chi connectivity index (χ0v) is 17.7. The number of rotatable bonds is 7. The zero-order valence-electron chi connectivity index (χ0n) is 16.9. The van der Waals surface area contributed by atoms with Crippen molar-refractivity contribution in [1.29, 1.82) is 0 Å². The summed E-state index contributed by atoms with van der Waals surface area (Å²) in [5.74, 6) is 2.38. The molecule has 29 heavy (non-hydrogen) atoms. The molecule has 4 saturated carbocycles. The lowest BCUT2D eigenvalue weighted by atomic mass is 9.53. The molecule has 4 aliphatic carbocycles. The molecule has 0 atom stereocenters. The van der Waals surface area contributed by atoms with Crippen LogP contribution >= 0.6 is 12.4 Å². The van der Waals surface area contributed by atoms with E-state index in [9.17, 15) is 9.59 Å². The van der Waals surface area contributed by atoms with Gasteiger partial charge in [-0.1, -0.05) is 12.1 Å². The van der Waals surface area contributed by atoms with Crippen LogP contribution in [0.15, 0.2) is 24.3 Å². The molecule has 4 fully saturated rings. The average Bonchev–Trinajstić information content (AvgIpc) is 2.62. The minimum absolute atomic E-state index is 0. The Hall–Kier alpha value is -1.95. The summed E-state index contributed by atoms with van der Waals surface area (Å²) in [6.45, 7) is 0.953. The van der Waals surface area contributed by atoms with E-state index < -0.39 is 0 Å². The fourth-order valence-electron chi connectivity index (χ4n) is 5.96. The number of anilines is 1. The van der Waals surface area contributed by atoms with Crippen LogP contribution in [0.4, 0.5) is 10.5 Å². The highest BCUT2D eigenvalue weighted by molar-refractivity contribution is 5.85. The number of urea groups is 1. The average molecular weight is 421 g/mol. The van der Waals surface area contributed by atoms with E-state index in [1.807, 2.05) is 24.3 Å². The quantitative estimate of drug-likeness (QED) is 0.510. The summed E-state index contributed by atoms with van der Waals surface area (Å²) in [5, 5.41) is 9.06. The third kappa shape index (κ3) is 5.56. The molecule has 0 aromatic heterocycles. The van der Waals surface area contributed by atoms with Gasteiger partial charge in [0.1, 0.15) is 0 Å². The second-order valence-electron chi connectivity index (χ2n) is 9.17. The molecule has 0 aliphatic heterocycles. The van der Waals surface area contributed by atoms with Crippen molar-refractivity contribution < 1.29 is 9.59 Å². The van der Waals surface area contributed by atoms with Crippen LogP contribution in [0, 0.1) is 17.8 Å². The van der Waals surface area contributed by atoms with Gasteiger partial charge in [-0.3, -0.25) is 4.79 Å². The van der Waals surface area contributed by atoms with Gasteiger partial charge in [-0.15, -0.1) is 12.4 Å². The molecule has 1 aromatic carbocycles. The van der Waals surface area contributed by atoms with Crippen molar-refractivity contribution in [2.24, 2.45) is 17.8 Å². The highest BCUT2D eigenvalue weighted by atomic mass is 35.5. The summed E-state index contributed by atoms with van der Waals surface area (Å²) in [6.07, 6.45) is 8.56. The molecule has 0 saturated heterocycles. The highest BCUT2D eigenvalue weighted by Gasteiger charge is 2.51. The molecular formula is C22H33ClN4O2. The second kappa shape index (κ2) is 9.24. The fourth-order valence-corrected chi connectivity index (χ4v) is 5.96. The van der Waals surface area contributed by atoms with E-state index in [-0.39, 0.29) is 29.9 Å². The molecule has 5 rings (SSSR count). The van der Waals surface area contributed by atoms with Gasteiger partial charge in [-0.2, -0.15) is 0 Å². The van der Waals surface area contributed by atoms with Crippen LogP contribution in [0.25, 0.3) is 0 Å². The lowest BCUT2D eigenvalue weighted by Gasteiger charge is -2.56. The molecule has 4 aliphatic rings. The van der Waals surface area contributed by atoms with E-state index in [4.69, 9.17) is 5.73 Å². The molecule has 5 N–H and O–H groups in total. The van der Waals surface area contributed by atoms with Gasteiger partial charge in [0.25, 0.3) is 0 Å². The third-order valence-corrected chi connectivity index (χ3v) is 6.77. The first-order valence-electron chi connectivity index (χ1n) is 10.7. The lowest BCUT2D eigenvalue weighted by Crippen LogP contribution is -2.61. The Labute approximate surface area is 179 Å². The maximum absolute atomic E-state index is 12.4. The SMILES string of the molecule is Cl.Nc1ccc(CCNC(=O)CCNC(=O)NC23CC4CC(CC(C4)C2)C3)cc1. The maximum atomic E-state index is 12.4. The number of benzene rings is 1. The van der Waals surface area contributed by atoms with Crippen LogP contribution in [-0.2, 0) is 11.2 Å². The molecular weight excluding hydrogens is 388 g/mol. The monoisotopic (exact) mass is 420 g/mol. The van der Waals surface area contributed by atoms with Crippen LogP contribution < -0.4 is 21.7 Å². The minimum Gasteiger partial charge on any atom is -0.399 e. The van der Waals surface area contributed by atoms with Gasteiger partial charge in [-0.05, 0) is 80.4 Å². The van der Waals surface area contributed by atoms with E-state index in [0.717, 1.165) is 54.7 Å². The van der Waals surface area contributed by atoms with Crippen molar-refractivity contribution in [2.45, 2.75) is 56.9 Å². The lowest BCUT2D eigenvalue weighted by molar-refractivity contribution is -0.120. The Bertz CT molecular complexity index is 687. The molecule has 0 radical (unpaired) electrons. The fraction of sp³-hybridized carbons (Fsp3) is 0.636. The van der Waals surface area contributed by atoms with E-state index in [0.29, 0.717) is 19.5 Å². The Balaban J connectivity index is 0.00000240. The molecule has 7 heteroatoms. The maximum Gasteiger partial charge on any atom is 0.315 e. The van der Waals surface area contributed by atoms with Crippen LogP contribution in [0.2, 0.25) is 0 Å². The molecule has 0 heterocycles. The van der Waals surface area contributed by atoms with Crippen LogP contribution in [0.3, 0.4) is 0 Å². The summed E-state index contributed by atoms with van der Waals surface area (Å²) >= 11 is 0. The number of nitrogens with one attached hydrogen (secondary N) is 3. The first kappa shape index (κ1) is 21.8. The van der Waals surface area contributed by atoms with Gasteiger partial charge < -0.3 is 21.7 Å². The van der Waals surface area contributed by atoms with E-state index >= 15 is 0 Å². The minimum atomic E-state index is -0.114. The second-order valence-corrected chi connectivity index (χ2v) is 9.17. The molecule has 160 valence electrons. The summed E-state index contributed by atoms with van der Waals surface area (Å²) < 4.78 is 0. The van der Waals surface area contributed by atoms with Crippen LogP contribution in [0.5, 0.6) is 0 Å². The molecule has 0 unspecified atom stereocenters. The summed E-state index contributed by atoms with van der Waals surface area (Å²) in [6, 6.07) is 7.56. The van der Waals surface area contributed by atoms with Gasteiger partial charge in [-0.25, -0.2) is 4.79 Å². The topological polar surface area (TPSA) is 96.2 Å². The molecule has 3 amide bonds. The third-order valence-electron chi connectivity index (χ3n) is 6.77. The van der Waals surface area contributed by atoms with Crippen molar-refractivity contribution in [2.75, 3.05) is 18.8 Å². The van der Waals surface area contributed by atoms with Gasteiger partial charge in [0.05, 0.1) is 0 Å². The van der Waals surface area contributed by atoms with Crippen molar-refractivity contribution in [3.8, 4) is 0 Å². The van der Waals surface area contributed by atoms with Gasteiger partial charge in [0.15, 0.2) is 0 Å². The van der Waals surface area contributed by atoms with Crippen molar-refractivity contribution in [3.05, 3.63) is 29.8 Å². The Morgan fingerprint density at radius 3 is 2.10 bits per heavy atom. The Morgan fingerprint density at radius 1 is 0.931 bits per heavy atom. The summed E-state index contributed by atoms with van der Waals surface area (Å²) in [7, 11) is 0. The van der Waals surface area contributed by atoms with Crippen molar-refractivity contribution in [3.63, 3.8) is 0 Å². The van der Waals surface area contributed by atoms with Crippen molar-refractivity contribution in [1.82, 2.24) is 16.0 Å². The van der Waals surface area contributed by atoms with E-state index in [1.54, 1.807) is 0 Å². The number of hydrogen-bond donors (Lipinski definition) is 4. The number of hydrogen-bond acceptors (Lipinski definition) is 3. The Kier molecular flexibility index (Phi) is 6.93. The summed E-state index contributed by atoms with van der Waals surface area (Å²) in [4.78, 5) is 24.3. The number of nitrogen functional groups attached to an aromatic ring is 1. The highest BCUT2D eigenvalue weighted by Crippen LogP contribution is 2.55. The van der Waals surface area contributed by atoms with Crippen LogP contribution in [-0.4, -0.2) is 30.6 Å². The van der Waals surface area contributed by atoms with Gasteiger partial charge in [0.2, 0.25) is 5.91 Å². The number of carbonyl (C=O) groups is 2. The van der Waals surface area contributed by atoms with Crippen LogP contribution in [0.1, 0.15) is 50.5 Å². The number of carbonyl (C=O) groups excluding carboxylic acids is 2. The Morgan fingerprint density at radius 2 is 1.52 bits per heavy atom. The smallest absolute Gasteiger partial charge is 0.315 e. The van der Waals surface area contributed by atoms with Crippen molar-refractivity contribution >= 4 is 30.0 Å². The molecule has 1 aromatic rings. The standard InChI is InChI=1S/C22H32N4O2.ClH/c23-19-3-1-15(2-4-19)5-7-24-20(27)6-8-25-21(28)26-22-12-16-9-17(13-22)11-18(10-16)14-22;/h1-4,16-18H,5-14,23H2,(H,24,27)(H2,25,26,28);1H. The largest absolute Gasteiger partial charge is 0.399 e.